The molecule has 0 aliphatic carbocycles. The molecule has 1 atom stereocenters. The second-order valence-corrected chi connectivity index (χ2v) is 12.9. The van der Waals surface area contributed by atoms with Crippen LogP contribution in [0.3, 0.4) is 0 Å². The lowest BCUT2D eigenvalue weighted by molar-refractivity contribution is -0.140. The van der Waals surface area contributed by atoms with Crippen LogP contribution in [-0.2, 0) is 38.8 Å². The minimum absolute atomic E-state index is 0.0801. The van der Waals surface area contributed by atoms with Gasteiger partial charge in [-0.15, -0.1) is 0 Å². The molecule has 0 saturated carbocycles. The standard InChI is InChI=1S/C34H33ClF3N3O4S/c1-3-39-33(43)31(20-25-10-6-4-7-11-25)40(22-26-16-14-24(2)15-17-26)32(42)23-41(46(44,45)28-12-8-5-9-13-28)30-21-27(34(36,37)38)18-19-29(30)35/h4-19,21,31H,3,20,22-23H2,1-2H3,(H,39,43). The topological polar surface area (TPSA) is 86.8 Å². The number of alkyl halides is 3. The Kier molecular flexibility index (Phi) is 11.1. The molecule has 0 spiro atoms. The van der Waals surface area contributed by atoms with E-state index in [-0.39, 0.29) is 29.4 Å². The van der Waals surface area contributed by atoms with Gasteiger partial charge in [0.15, 0.2) is 0 Å². The zero-order chi connectivity index (χ0) is 33.5. The molecule has 0 aromatic heterocycles. The van der Waals surface area contributed by atoms with Gasteiger partial charge in [0.25, 0.3) is 10.0 Å². The normalized spacial score (nSPS) is 12.3. The van der Waals surface area contributed by atoms with Crippen molar-refractivity contribution >= 4 is 39.1 Å². The molecule has 12 heteroatoms. The molecule has 46 heavy (non-hydrogen) atoms. The average molecular weight is 672 g/mol. The number of rotatable bonds is 12. The zero-order valence-corrected chi connectivity index (χ0v) is 26.7. The van der Waals surface area contributed by atoms with Crippen LogP contribution in [-0.4, -0.2) is 44.3 Å². The molecule has 0 fully saturated rings. The van der Waals surface area contributed by atoms with Crippen molar-refractivity contribution in [1.82, 2.24) is 10.2 Å². The fraction of sp³-hybridized carbons (Fsp3) is 0.235. The minimum atomic E-state index is -4.82. The first-order chi connectivity index (χ1) is 21.8. The molecule has 4 aromatic carbocycles. The lowest BCUT2D eigenvalue weighted by Crippen LogP contribution is -2.53. The van der Waals surface area contributed by atoms with Crippen molar-refractivity contribution in [2.24, 2.45) is 0 Å². The number of sulfonamides is 1. The van der Waals surface area contributed by atoms with Crippen LogP contribution in [0.5, 0.6) is 0 Å². The summed E-state index contributed by atoms with van der Waals surface area (Å²) in [6, 6.07) is 24.5. The number of hydrogen-bond acceptors (Lipinski definition) is 4. The van der Waals surface area contributed by atoms with Crippen molar-refractivity contribution in [3.05, 3.63) is 130 Å². The Hall–Kier alpha value is -4.35. The van der Waals surface area contributed by atoms with Crippen molar-refractivity contribution < 1.29 is 31.2 Å². The highest BCUT2D eigenvalue weighted by atomic mass is 35.5. The Balaban J connectivity index is 1.86. The van der Waals surface area contributed by atoms with Crippen LogP contribution in [0, 0.1) is 6.92 Å². The molecule has 242 valence electrons. The number of likely N-dealkylation sites (N-methyl/N-ethyl adjacent to an activating group) is 1. The maximum absolute atomic E-state index is 14.4. The number of amides is 2. The maximum Gasteiger partial charge on any atom is 0.416 e. The first kappa shape index (κ1) is 34.5. The van der Waals surface area contributed by atoms with Gasteiger partial charge < -0.3 is 10.2 Å². The van der Waals surface area contributed by atoms with Crippen molar-refractivity contribution in [3.8, 4) is 0 Å². The highest BCUT2D eigenvalue weighted by Crippen LogP contribution is 2.37. The van der Waals surface area contributed by atoms with E-state index >= 15 is 0 Å². The van der Waals surface area contributed by atoms with Crippen LogP contribution in [0.25, 0.3) is 0 Å². The van der Waals surface area contributed by atoms with Gasteiger partial charge in [-0.1, -0.05) is 90.0 Å². The summed E-state index contributed by atoms with van der Waals surface area (Å²) in [5.74, 6) is -1.29. The van der Waals surface area contributed by atoms with Crippen LogP contribution in [0.4, 0.5) is 18.9 Å². The number of nitrogens with zero attached hydrogens (tertiary/aromatic N) is 2. The number of carbonyl (C=O) groups is 2. The van der Waals surface area contributed by atoms with Gasteiger partial charge in [0, 0.05) is 19.5 Å². The van der Waals surface area contributed by atoms with E-state index in [1.807, 2.05) is 25.1 Å². The molecule has 1 N–H and O–H groups in total. The van der Waals surface area contributed by atoms with Gasteiger partial charge >= 0.3 is 6.18 Å². The Morgan fingerprint density at radius 3 is 2.07 bits per heavy atom. The monoisotopic (exact) mass is 671 g/mol. The molecule has 0 heterocycles. The van der Waals surface area contributed by atoms with Gasteiger partial charge in [-0.05, 0) is 55.3 Å². The van der Waals surface area contributed by atoms with Gasteiger partial charge in [-0.3, -0.25) is 13.9 Å². The van der Waals surface area contributed by atoms with E-state index in [1.165, 1.54) is 29.2 Å². The van der Waals surface area contributed by atoms with E-state index in [1.54, 1.807) is 49.4 Å². The first-order valence-corrected chi connectivity index (χ1v) is 16.2. The van der Waals surface area contributed by atoms with E-state index in [4.69, 9.17) is 11.6 Å². The largest absolute Gasteiger partial charge is 0.416 e. The van der Waals surface area contributed by atoms with Gasteiger partial charge in [0.05, 0.1) is 21.2 Å². The Morgan fingerprint density at radius 2 is 1.48 bits per heavy atom. The molecule has 0 aliphatic heterocycles. The Labute approximate surface area is 271 Å². The number of anilines is 1. The van der Waals surface area contributed by atoms with Gasteiger partial charge in [0.2, 0.25) is 11.8 Å². The molecular formula is C34H33ClF3N3O4S. The summed E-state index contributed by atoms with van der Waals surface area (Å²) in [6.45, 7) is 2.88. The molecule has 7 nitrogen and oxygen atoms in total. The fourth-order valence-corrected chi connectivity index (χ4v) is 6.56. The van der Waals surface area contributed by atoms with Crippen LogP contribution in [0.2, 0.25) is 5.02 Å². The lowest BCUT2D eigenvalue weighted by atomic mass is 10.0. The minimum Gasteiger partial charge on any atom is -0.355 e. The van der Waals surface area contributed by atoms with E-state index in [0.29, 0.717) is 15.9 Å². The average Bonchev–Trinajstić information content (AvgIpc) is 3.03. The third kappa shape index (κ3) is 8.46. The van der Waals surface area contributed by atoms with Crippen LogP contribution in [0.15, 0.2) is 108 Å². The molecule has 1 unspecified atom stereocenters. The quantitative estimate of drug-likeness (QED) is 0.183. The highest BCUT2D eigenvalue weighted by molar-refractivity contribution is 7.92. The molecule has 0 bridgehead atoms. The predicted molar refractivity (Wildman–Crippen MR) is 172 cm³/mol. The zero-order valence-electron chi connectivity index (χ0n) is 25.2. The number of benzene rings is 4. The van der Waals surface area contributed by atoms with Crippen LogP contribution in [0.1, 0.15) is 29.2 Å². The summed E-state index contributed by atoms with van der Waals surface area (Å²) in [7, 11) is -4.63. The SMILES string of the molecule is CCNC(=O)C(Cc1ccccc1)N(Cc1ccc(C)cc1)C(=O)CN(c1cc(C(F)(F)F)ccc1Cl)S(=O)(=O)c1ccccc1. The summed E-state index contributed by atoms with van der Waals surface area (Å²) in [5, 5.41) is 2.45. The van der Waals surface area contributed by atoms with E-state index < -0.39 is 51.9 Å². The van der Waals surface area contributed by atoms with Crippen LogP contribution < -0.4 is 9.62 Å². The fourth-order valence-electron chi connectivity index (χ4n) is 4.85. The third-order valence-corrected chi connectivity index (χ3v) is 9.34. The van der Waals surface area contributed by atoms with Crippen molar-refractivity contribution in [2.45, 2.75) is 43.9 Å². The maximum atomic E-state index is 14.4. The summed E-state index contributed by atoms with van der Waals surface area (Å²) >= 11 is 6.34. The molecule has 2 amide bonds. The summed E-state index contributed by atoms with van der Waals surface area (Å²) in [4.78, 5) is 28.9. The molecule has 0 aliphatic rings. The highest BCUT2D eigenvalue weighted by Gasteiger charge is 2.37. The summed E-state index contributed by atoms with van der Waals surface area (Å²) in [6.07, 6.45) is -4.72. The van der Waals surface area contributed by atoms with E-state index in [0.717, 1.165) is 23.3 Å². The summed E-state index contributed by atoms with van der Waals surface area (Å²) < 4.78 is 70.0. The van der Waals surface area contributed by atoms with E-state index in [9.17, 15) is 31.2 Å². The number of aryl methyl sites for hydroxylation is 1. The lowest BCUT2D eigenvalue weighted by Gasteiger charge is -2.34. The van der Waals surface area contributed by atoms with E-state index in [2.05, 4.69) is 5.32 Å². The second kappa shape index (κ2) is 14.8. The number of carbonyl (C=O) groups excluding carboxylic acids is 2. The van der Waals surface area contributed by atoms with Gasteiger partial charge in [0.1, 0.15) is 12.6 Å². The molecule has 4 rings (SSSR count). The molecule has 0 radical (unpaired) electrons. The number of nitrogens with one attached hydrogen (secondary N) is 1. The molecule has 4 aromatic rings. The Morgan fingerprint density at radius 1 is 0.870 bits per heavy atom. The smallest absolute Gasteiger partial charge is 0.355 e. The van der Waals surface area contributed by atoms with Gasteiger partial charge in [-0.2, -0.15) is 13.2 Å². The van der Waals surface area contributed by atoms with Crippen molar-refractivity contribution in [1.29, 1.82) is 0 Å². The number of hydrogen-bond donors (Lipinski definition) is 1. The van der Waals surface area contributed by atoms with Crippen molar-refractivity contribution in [3.63, 3.8) is 0 Å². The predicted octanol–water partition coefficient (Wildman–Crippen LogP) is 6.64. The first-order valence-electron chi connectivity index (χ1n) is 14.4. The molecule has 0 saturated heterocycles. The van der Waals surface area contributed by atoms with Crippen molar-refractivity contribution in [2.75, 3.05) is 17.4 Å². The number of halogens is 4. The van der Waals surface area contributed by atoms with Crippen LogP contribution >= 0.6 is 11.6 Å². The second-order valence-electron chi connectivity index (χ2n) is 10.6. The molecular weight excluding hydrogens is 639 g/mol. The Bertz CT molecular complexity index is 1750. The third-order valence-electron chi connectivity index (χ3n) is 7.25. The van der Waals surface area contributed by atoms with Gasteiger partial charge in [-0.25, -0.2) is 8.42 Å². The summed E-state index contributed by atoms with van der Waals surface area (Å²) in [5.41, 5.74) is 0.700.